The molecule has 1 saturated heterocycles. The normalized spacial score (nSPS) is 17.1. The molecule has 0 amide bonds. The minimum Gasteiger partial charge on any atom is -0.368 e. The summed E-state index contributed by atoms with van der Waals surface area (Å²) in [7, 11) is 0. The Morgan fingerprint density at radius 1 is 1.43 bits per heavy atom. The molecule has 0 bridgehead atoms. The van der Waals surface area contributed by atoms with E-state index in [2.05, 4.69) is 33.8 Å². The van der Waals surface area contributed by atoms with E-state index in [0.29, 0.717) is 16.6 Å². The highest BCUT2D eigenvalue weighted by Gasteiger charge is 2.27. The number of hydrogen-bond acceptors (Lipinski definition) is 4. The largest absolute Gasteiger partial charge is 0.368 e. The maximum Gasteiger partial charge on any atom is 0.101 e. The summed E-state index contributed by atoms with van der Waals surface area (Å²) in [5.41, 5.74) is 2.77. The zero-order valence-electron chi connectivity index (χ0n) is 13.1. The molecule has 0 spiro atoms. The highest BCUT2D eigenvalue weighted by molar-refractivity contribution is 6.32. The van der Waals surface area contributed by atoms with Crippen molar-refractivity contribution in [2.75, 3.05) is 29.4 Å². The highest BCUT2D eigenvalue weighted by atomic mass is 35.5. The Balaban J connectivity index is 1.77. The number of nitriles is 1. The highest BCUT2D eigenvalue weighted by Crippen LogP contribution is 2.29. The fourth-order valence-electron chi connectivity index (χ4n) is 3.20. The van der Waals surface area contributed by atoms with Gasteiger partial charge >= 0.3 is 0 Å². The second kappa shape index (κ2) is 6.89. The zero-order valence-corrected chi connectivity index (χ0v) is 13.9. The summed E-state index contributed by atoms with van der Waals surface area (Å²) in [6.45, 7) is 5.06. The van der Waals surface area contributed by atoms with E-state index < -0.39 is 0 Å². The molecule has 118 valence electrons. The third kappa shape index (κ3) is 3.25. The average Bonchev–Trinajstić information content (AvgIpc) is 3.06. The van der Waals surface area contributed by atoms with Crippen LogP contribution in [0.2, 0.25) is 5.02 Å². The SMILES string of the molecule is CCN(c1ccc(C#N)c(Cl)c1)C1CCN(c2cccnc2)C1. The van der Waals surface area contributed by atoms with E-state index in [0.717, 1.165) is 31.7 Å². The molecule has 0 N–H and O–H groups in total. The van der Waals surface area contributed by atoms with Crippen LogP contribution >= 0.6 is 11.6 Å². The first-order chi connectivity index (χ1) is 11.2. The van der Waals surface area contributed by atoms with Gasteiger partial charge in [-0.3, -0.25) is 4.98 Å². The van der Waals surface area contributed by atoms with Crippen LogP contribution < -0.4 is 9.80 Å². The molecular formula is C18H19ClN4. The van der Waals surface area contributed by atoms with Crippen molar-refractivity contribution in [2.24, 2.45) is 0 Å². The molecule has 1 aliphatic rings. The van der Waals surface area contributed by atoms with Crippen LogP contribution in [0.5, 0.6) is 0 Å². The van der Waals surface area contributed by atoms with Crippen molar-refractivity contribution in [1.82, 2.24) is 4.98 Å². The summed E-state index contributed by atoms with van der Waals surface area (Å²) in [5, 5.41) is 9.54. The van der Waals surface area contributed by atoms with Crippen LogP contribution in [0.15, 0.2) is 42.7 Å². The molecule has 0 radical (unpaired) electrons. The molecular weight excluding hydrogens is 308 g/mol. The lowest BCUT2D eigenvalue weighted by atomic mass is 10.1. The maximum atomic E-state index is 9.02. The van der Waals surface area contributed by atoms with Gasteiger partial charge < -0.3 is 9.80 Å². The van der Waals surface area contributed by atoms with Crippen LogP contribution in [0.1, 0.15) is 18.9 Å². The van der Waals surface area contributed by atoms with Crippen LogP contribution in [0.3, 0.4) is 0 Å². The van der Waals surface area contributed by atoms with Gasteiger partial charge in [-0.2, -0.15) is 5.26 Å². The third-order valence-electron chi connectivity index (χ3n) is 4.36. The van der Waals surface area contributed by atoms with E-state index in [1.807, 2.05) is 24.4 Å². The molecule has 1 aromatic carbocycles. The number of nitrogens with zero attached hydrogens (tertiary/aromatic N) is 4. The topological polar surface area (TPSA) is 43.2 Å². The summed E-state index contributed by atoms with van der Waals surface area (Å²) >= 11 is 6.19. The third-order valence-corrected chi connectivity index (χ3v) is 4.67. The van der Waals surface area contributed by atoms with E-state index in [1.54, 1.807) is 12.3 Å². The fourth-order valence-corrected chi connectivity index (χ4v) is 3.41. The second-order valence-electron chi connectivity index (χ2n) is 5.66. The first-order valence-corrected chi connectivity index (χ1v) is 8.22. The minimum absolute atomic E-state index is 0.434. The standard InChI is InChI=1S/C18H19ClN4/c1-2-23(15-6-5-14(11-20)18(19)10-15)17-7-9-22(13-17)16-4-3-8-21-12-16/h3-6,8,10,12,17H,2,7,9,13H2,1H3. The van der Waals surface area contributed by atoms with Gasteiger partial charge in [-0.1, -0.05) is 11.6 Å². The Labute approximate surface area is 141 Å². The van der Waals surface area contributed by atoms with Crippen LogP contribution in [-0.4, -0.2) is 30.7 Å². The number of pyridine rings is 1. The van der Waals surface area contributed by atoms with Gasteiger partial charge in [-0.05, 0) is 43.7 Å². The second-order valence-corrected chi connectivity index (χ2v) is 6.07. The molecule has 3 rings (SSSR count). The lowest BCUT2D eigenvalue weighted by Gasteiger charge is -2.30. The number of hydrogen-bond donors (Lipinski definition) is 0. The van der Waals surface area contributed by atoms with Crippen LogP contribution in [0.4, 0.5) is 11.4 Å². The van der Waals surface area contributed by atoms with Gasteiger partial charge in [-0.25, -0.2) is 0 Å². The zero-order chi connectivity index (χ0) is 16.2. The summed E-state index contributed by atoms with van der Waals surface area (Å²) in [6, 6.07) is 12.3. The molecule has 0 saturated carbocycles. The molecule has 2 aromatic rings. The van der Waals surface area contributed by atoms with E-state index >= 15 is 0 Å². The number of likely N-dealkylation sites (N-methyl/N-ethyl adjacent to an activating group) is 1. The van der Waals surface area contributed by atoms with E-state index in [4.69, 9.17) is 16.9 Å². The molecule has 2 heterocycles. The van der Waals surface area contributed by atoms with Gasteiger partial charge in [-0.15, -0.1) is 0 Å². The molecule has 1 unspecified atom stereocenters. The molecule has 23 heavy (non-hydrogen) atoms. The predicted molar refractivity (Wildman–Crippen MR) is 94.0 cm³/mol. The number of halogens is 1. The fraction of sp³-hybridized carbons (Fsp3) is 0.333. The predicted octanol–water partition coefficient (Wildman–Crippen LogP) is 3.71. The van der Waals surface area contributed by atoms with Gasteiger partial charge in [0.1, 0.15) is 6.07 Å². The summed E-state index contributed by atoms with van der Waals surface area (Å²) in [4.78, 5) is 8.94. The number of benzene rings is 1. The van der Waals surface area contributed by atoms with Crippen molar-refractivity contribution < 1.29 is 0 Å². The maximum absolute atomic E-state index is 9.02. The molecule has 1 aromatic heterocycles. The quantitative estimate of drug-likeness (QED) is 0.859. The lowest BCUT2D eigenvalue weighted by molar-refractivity contribution is 0.654. The average molecular weight is 327 g/mol. The molecule has 1 fully saturated rings. The lowest BCUT2D eigenvalue weighted by Crippen LogP contribution is -2.37. The molecule has 4 nitrogen and oxygen atoms in total. The monoisotopic (exact) mass is 326 g/mol. The van der Waals surface area contributed by atoms with Gasteiger partial charge in [0.25, 0.3) is 0 Å². The molecule has 0 aliphatic carbocycles. The van der Waals surface area contributed by atoms with Crippen LogP contribution in [0.25, 0.3) is 0 Å². The van der Waals surface area contributed by atoms with E-state index in [1.165, 1.54) is 5.69 Å². The molecule has 1 aliphatic heterocycles. The summed E-state index contributed by atoms with van der Waals surface area (Å²) in [6.07, 6.45) is 4.81. The summed E-state index contributed by atoms with van der Waals surface area (Å²) < 4.78 is 0. The Kier molecular flexibility index (Phi) is 4.68. The summed E-state index contributed by atoms with van der Waals surface area (Å²) in [5.74, 6) is 0. The van der Waals surface area contributed by atoms with Crippen molar-refractivity contribution in [3.63, 3.8) is 0 Å². The Bertz CT molecular complexity index is 711. The van der Waals surface area contributed by atoms with Gasteiger partial charge in [0.2, 0.25) is 0 Å². The minimum atomic E-state index is 0.434. The van der Waals surface area contributed by atoms with Gasteiger partial charge in [0, 0.05) is 37.6 Å². The number of anilines is 2. The van der Waals surface area contributed by atoms with Gasteiger partial charge in [0.15, 0.2) is 0 Å². The van der Waals surface area contributed by atoms with Gasteiger partial charge in [0.05, 0.1) is 22.5 Å². The van der Waals surface area contributed by atoms with E-state index in [-0.39, 0.29) is 0 Å². The van der Waals surface area contributed by atoms with Crippen molar-refractivity contribution in [3.8, 4) is 6.07 Å². The smallest absolute Gasteiger partial charge is 0.101 e. The Morgan fingerprint density at radius 2 is 2.30 bits per heavy atom. The Morgan fingerprint density at radius 3 is 2.96 bits per heavy atom. The van der Waals surface area contributed by atoms with E-state index in [9.17, 15) is 0 Å². The Hall–Kier alpha value is -2.25. The number of aromatic nitrogens is 1. The van der Waals surface area contributed by atoms with Crippen LogP contribution in [-0.2, 0) is 0 Å². The molecule has 1 atom stereocenters. The van der Waals surface area contributed by atoms with Crippen molar-refractivity contribution >= 4 is 23.0 Å². The van der Waals surface area contributed by atoms with Crippen molar-refractivity contribution in [3.05, 3.63) is 53.3 Å². The van der Waals surface area contributed by atoms with Crippen LogP contribution in [0, 0.1) is 11.3 Å². The van der Waals surface area contributed by atoms with Crippen molar-refractivity contribution in [1.29, 1.82) is 5.26 Å². The first kappa shape index (κ1) is 15.6. The molecule has 5 heteroatoms. The first-order valence-electron chi connectivity index (χ1n) is 7.84. The number of rotatable bonds is 4. The van der Waals surface area contributed by atoms with Crippen molar-refractivity contribution in [2.45, 2.75) is 19.4 Å².